The fourth-order valence-electron chi connectivity index (χ4n) is 1.61. The van der Waals surface area contributed by atoms with E-state index in [4.69, 9.17) is 16.7 Å². The second kappa shape index (κ2) is 5.16. The van der Waals surface area contributed by atoms with Crippen LogP contribution in [0.2, 0.25) is 5.02 Å². The number of carboxylic acid groups (broad SMARTS) is 1. The fourth-order valence-corrected chi connectivity index (χ4v) is 1.79. The quantitative estimate of drug-likeness (QED) is 0.852. The summed E-state index contributed by atoms with van der Waals surface area (Å²) >= 11 is 5.71. The molecule has 4 nitrogen and oxygen atoms in total. The first-order valence-electron chi connectivity index (χ1n) is 5.01. The Kier molecular flexibility index (Phi) is 4.12. The summed E-state index contributed by atoms with van der Waals surface area (Å²) in [5, 5.41) is 8.90. The van der Waals surface area contributed by atoms with Crippen molar-refractivity contribution < 1.29 is 9.90 Å². The summed E-state index contributed by atoms with van der Waals surface area (Å²) in [6, 6.07) is 1.54. The molecule has 1 heterocycles. The molecule has 0 radical (unpaired) electrons. The van der Waals surface area contributed by atoms with Gasteiger partial charge in [-0.05, 0) is 23.5 Å². The van der Waals surface area contributed by atoms with E-state index in [0.717, 1.165) is 5.56 Å². The van der Waals surface area contributed by atoms with E-state index >= 15 is 0 Å². The van der Waals surface area contributed by atoms with Crippen LogP contribution < -0.4 is 5.56 Å². The molecular formula is C11H14ClNO3. The molecule has 1 aromatic heterocycles. The Labute approximate surface area is 98.3 Å². The Bertz CT molecular complexity index is 439. The van der Waals surface area contributed by atoms with Crippen LogP contribution in [-0.4, -0.2) is 16.1 Å². The molecule has 0 fully saturated rings. The molecule has 88 valence electrons. The number of nitrogens with one attached hydrogen (secondary N) is 1. The molecule has 0 aliphatic rings. The number of hydrogen-bond acceptors (Lipinski definition) is 2. The molecule has 1 rings (SSSR count). The van der Waals surface area contributed by atoms with Gasteiger partial charge in [-0.3, -0.25) is 9.59 Å². The van der Waals surface area contributed by atoms with E-state index < -0.39 is 5.97 Å². The van der Waals surface area contributed by atoms with Crippen molar-refractivity contribution in [3.05, 3.63) is 33.2 Å². The van der Waals surface area contributed by atoms with E-state index in [2.05, 4.69) is 4.98 Å². The number of halogens is 1. The third-order valence-electron chi connectivity index (χ3n) is 2.51. The van der Waals surface area contributed by atoms with Gasteiger partial charge in [0.15, 0.2) is 0 Å². The standard InChI is InChI=1S/C11H14ClNO3/c1-6(2)8(4-10(14)15)7-3-9(12)11(16)13-5-7/h3,5-6,8H,4H2,1-2H3,(H,13,16)(H,14,15). The summed E-state index contributed by atoms with van der Waals surface area (Å²) in [5.41, 5.74) is 0.394. The van der Waals surface area contributed by atoms with Crippen molar-refractivity contribution in [2.24, 2.45) is 5.92 Å². The van der Waals surface area contributed by atoms with Crippen LogP contribution in [0, 0.1) is 5.92 Å². The largest absolute Gasteiger partial charge is 0.481 e. The number of aliphatic carboxylic acids is 1. The van der Waals surface area contributed by atoms with Gasteiger partial charge < -0.3 is 10.1 Å². The highest BCUT2D eigenvalue weighted by atomic mass is 35.5. The van der Waals surface area contributed by atoms with Gasteiger partial charge >= 0.3 is 5.97 Å². The summed E-state index contributed by atoms with van der Waals surface area (Å²) in [6.07, 6.45) is 1.56. The van der Waals surface area contributed by atoms with Crippen molar-refractivity contribution in [2.75, 3.05) is 0 Å². The van der Waals surface area contributed by atoms with E-state index in [0.29, 0.717) is 0 Å². The minimum atomic E-state index is -0.860. The molecule has 0 saturated carbocycles. The van der Waals surface area contributed by atoms with Gasteiger partial charge in [-0.25, -0.2) is 0 Å². The minimum Gasteiger partial charge on any atom is -0.481 e. The van der Waals surface area contributed by atoms with Crippen LogP contribution in [0.25, 0.3) is 0 Å². The van der Waals surface area contributed by atoms with Crippen LogP contribution in [0.4, 0.5) is 0 Å². The monoisotopic (exact) mass is 243 g/mol. The van der Waals surface area contributed by atoms with Gasteiger partial charge in [0.25, 0.3) is 5.56 Å². The van der Waals surface area contributed by atoms with Crippen LogP contribution in [0.15, 0.2) is 17.1 Å². The first-order valence-corrected chi connectivity index (χ1v) is 5.39. The normalized spacial score (nSPS) is 12.8. The molecule has 0 aliphatic carbocycles. The number of carboxylic acids is 1. The zero-order valence-electron chi connectivity index (χ0n) is 9.16. The van der Waals surface area contributed by atoms with Crippen LogP contribution in [0.5, 0.6) is 0 Å². The smallest absolute Gasteiger partial charge is 0.303 e. The van der Waals surface area contributed by atoms with Crippen LogP contribution in [-0.2, 0) is 4.79 Å². The minimum absolute atomic E-state index is 0.0278. The lowest BCUT2D eigenvalue weighted by molar-refractivity contribution is -0.137. The Balaban J connectivity index is 3.06. The van der Waals surface area contributed by atoms with Crippen molar-refractivity contribution in [2.45, 2.75) is 26.2 Å². The van der Waals surface area contributed by atoms with Gasteiger partial charge in [-0.1, -0.05) is 25.4 Å². The number of hydrogen-bond donors (Lipinski definition) is 2. The van der Waals surface area contributed by atoms with Crippen molar-refractivity contribution in [3.8, 4) is 0 Å². The SMILES string of the molecule is CC(C)C(CC(=O)O)c1c[nH]c(=O)c(Cl)c1. The highest BCUT2D eigenvalue weighted by molar-refractivity contribution is 6.30. The van der Waals surface area contributed by atoms with E-state index in [1.54, 1.807) is 0 Å². The zero-order valence-corrected chi connectivity index (χ0v) is 9.91. The van der Waals surface area contributed by atoms with Gasteiger partial charge in [-0.2, -0.15) is 0 Å². The van der Waals surface area contributed by atoms with Crippen molar-refractivity contribution in [3.63, 3.8) is 0 Å². The second-order valence-corrected chi connectivity index (χ2v) is 4.47. The predicted octanol–water partition coefficient (Wildman–Crippen LogP) is 2.24. The number of pyridine rings is 1. The fraction of sp³-hybridized carbons (Fsp3) is 0.455. The zero-order chi connectivity index (χ0) is 12.3. The van der Waals surface area contributed by atoms with Crippen molar-refractivity contribution in [1.29, 1.82) is 0 Å². The highest BCUT2D eigenvalue weighted by Crippen LogP contribution is 2.27. The number of rotatable bonds is 4. The molecule has 0 aromatic carbocycles. The lowest BCUT2D eigenvalue weighted by Gasteiger charge is -2.19. The molecule has 2 N–H and O–H groups in total. The molecular weight excluding hydrogens is 230 g/mol. The molecule has 1 atom stereocenters. The maximum absolute atomic E-state index is 11.1. The lowest BCUT2D eigenvalue weighted by Crippen LogP contribution is -2.15. The Hall–Kier alpha value is -1.29. The summed E-state index contributed by atoms with van der Waals surface area (Å²) in [7, 11) is 0. The predicted molar refractivity (Wildman–Crippen MR) is 61.9 cm³/mol. The number of H-pyrrole nitrogens is 1. The highest BCUT2D eigenvalue weighted by Gasteiger charge is 2.20. The van der Waals surface area contributed by atoms with Gasteiger partial charge in [0.2, 0.25) is 0 Å². The third kappa shape index (κ3) is 3.10. The van der Waals surface area contributed by atoms with Gasteiger partial charge in [0.05, 0.1) is 6.42 Å². The maximum Gasteiger partial charge on any atom is 0.303 e. The summed E-state index contributed by atoms with van der Waals surface area (Å²) in [5.74, 6) is -0.842. The Morgan fingerprint density at radius 1 is 1.56 bits per heavy atom. The average molecular weight is 244 g/mol. The summed E-state index contributed by atoms with van der Waals surface area (Å²) < 4.78 is 0. The molecule has 1 unspecified atom stereocenters. The summed E-state index contributed by atoms with van der Waals surface area (Å²) in [6.45, 7) is 3.87. The Morgan fingerprint density at radius 3 is 2.62 bits per heavy atom. The second-order valence-electron chi connectivity index (χ2n) is 4.06. The number of aromatic nitrogens is 1. The van der Waals surface area contributed by atoms with Crippen LogP contribution in [0.3, 0.4) is 0 Å². The van der Waals surface area contributed by atoms with Crippen molar-refractivity contribution >= 4 is 17.6 Å². The summed E-state index contributed by atoms with van der Waals surface area (Å²) in [4.78, 5) is 24.3. The third-order valence-corrected chi connectivity index (χ3v) is 2.79. The molecule has 0 saturated heterocycles. The first kappa shape index (κ1) is 12.8. The molecule has 0 aliphatic heterocycles. The number of aromatic amines is 1. The van der Waals surface area contributed by atoms with E-state index in [-0.39, 0.29) is 28.8 Å². The lowest BCUT2D eigenvalue weighted by atomic mass is 9.87. The molecule has 16 heavy (non-hydrogen) atoms. The van der Waals surface area contributed by atoms with E-state index in [9.17, 15) is 9.59 Å². The topological polar surface area (TPSA) is 70.2 Å². The van der Waals surface area contributed by atoms with Crippen molar-refractivity contribution in [1.82, 2.24) is 4.98 Å². The molecule has 0 amide bonds. The molecule has 0 bridgehead atoms. The van der Waals surface area contributed by atoms with Gasteiger partial charge in [0, 0.05) is 6.20 Å². The van der Waals surface area contributed by atoms with Gasteiger partial charge in [-0.15, -0.1) is 0 Å². The molecule has 1 aromatic rings. The van der Waals surface area contributed by atoms with Gasteiger partial charge in [0.1, 0.15) is 5.02 Å². The molecule has 5 heteroatoms. The Morgan fingerprint density at radius 2 is 2.19 bits per heavy atom. The van der Waals surface area contributed by atoms with Crippen LogP contribution in [0.1, 0.15) is 31.7 Å². The van der Waals surface area contributed by atoms with Crippen LogP contribution >= 0.6 is 11.6 Å². The van der Waals surface area contributed by atoms with E-state index in [1.807, 2.05) is 13.8 Å². The maximum atomic E-state index is 11.1. The first-order chi connectivity index (χ1) is 7.41. The molecule has 0 spiro atoms. The average Bonchev–Trinajstić information content (AvgIpc) is 2.18. The number of carbonyl (C=O) groups is 1. The van der Waals surface area contributed by atoms with E-state index in [1.165, 1.54) is 12.3 Å².